The molecule has 0 bridgehead atoms. The SMILES string of the molecule is O=C(CN1C(=O)NC2(CCCC2)C1=O)Nc1ccc(Br)cc1F. The van der Waals surface area contributed by atoms with Gasteiger partial charge in [-0.15, -0.1) is 0 Å². The summed E-state index contributed by atoms with van der Waals surface area (Å²) in [4.78, 5) is 37.3. The Labute approximate surface area is 140 Å². The van der Waals surface area contributed by atoms with Crippen LogP contribution in [0.5, 0.6) is 0 Å². The summed E-state index contributed by atoms with van der Waals surface area (Å²) in [5, 5.41) is 5.07. The highest BCUT2D eigenvalue weighted by atomic mass is 79.9. The van der Waals surface area contributed by atoms with Crippen LogP contribution in [0.1, 0.15) is 25.7 Å². The van der Waals surface area contributed by atoms with E-state index in [-0.39, 0.29) is 11.6 Å². The highest BCUT2D eigenvalue weighted by Gasteiger charge is 2.52. The molecule has 1 aromatic rings. The van der Waals surface area contributed by atoms with Gasteiger partial charge in [0.15, 0.2) is 0 Å². The molecule has 1 saturated carbocycles. The molecular formula is C15H15BrFN3O3. The van der Waals surface area contributed by atoms with E-state index in [9.17, 15) is 18.8 Å². The minimum atomic E-state index is -0.847. The van der Waals surface area contributed by atoms with Crippen LogP contribution < -0.4 is 10.6 Å². The minimum absolute atomic E-state index is 0.000772. The summed E-state index contributed by atoms with van der Waals surface area (Å²) >= 11 is 3.12. The molecule has 1 aliphatic heterocycles. The van der Waals surface area contributed by atoms with Gasteiger partial charge in [0, 0.05) is 4.47 Å². The lowest BCUT2D eigenvalue weighted by molar-refractivity contribution is -0.133. The van der Waals surface area contributed by atoms with Crippen molar-refractivity contribution >= 4 is 39.5 Å². The molecular weight excluding hydrogens is 369 g/mol. The van der Waals surface area contributed by atoms with Gasteiger partial charge in [-0.25, -0.2) is 9.18 Å². The standard InChI is InChI=1S/C15H15BrFN3O3/c16-9-3-4-11(10(17)7-9)18-12(21)8-20-13(22)15(19-14(20)23)5-1-2-6-15/h3-4,7H,1-2,5-6,8H2,(H,18,21)(H,19,23). The zero-order chi connectivity index (χ0) is 16.6. The first kappa shape index (κ1) is 15.9. The maximum absolute atomic E-state index is 13.7. The van der Waals surface area contributed by atoms with E-state index in [0.29, 0.717) is 17.3 Å². The van der Waals surface area contributed by atoms with E-state index in [2.05, 4.69) is 26.6 Å². The van der Waals surface area contributed by atoms with E-state index < -0.39 is 29.8 Å². The number of hydrogen-bond donors (Lipinski definition) is 2. The molecule has 8 heteroatoms. The van der Waals surface area contributed by atoms with Crippen LogP contribution in [0.3, 0.4) is 0 Å². The van der Waals surface area contributed by atoms with Crippen LogP contribution in [0, 0.1) is 5.82 Å². The van der Waals surface area contributed by atoms with Gasteiger partial charge in [0.25, 0.3) is 5.91 Å². The lowest BCUT2D eigenvalue weighted by Crippen LogP contribution is -2.44. The molecule has 0 aromatic heterocycles. The number of rotatable bonds is 3. The summed E-state index contributed by atoms with van der Waals surface area (Å²) < 4.78 is 14.3. The molecule has 3 rings (SSSR count). The monoisotopic (exact) mass is 383 g/mol. The second-order valence-electron chi connectivity index (χ2n) is 5.78. The Morgan fingerprint density at radius 1 is 1.35 bits per heavy atom. The first-order valence-electron chi connectivity index (χ1n) is 7.30. The van der Waals surface area contributed by atoms with Gasteiger partial charge in [-0.2, -0.15) is 0 Å². The molecule has 1 aromatic carbocycles. The fourth-order valence-electron chi connectivity index (χ4n) is 3.06. The maximum Gasteiger partial charge on any atom is 0.325 e. The van der Waals surface area contributed by atoms with Gasteiger partial charge in [-0.1, -0.05) is 28.8 Å². The number of halogens is 2. The topological polar surface area (TPSA) is 78.5 Å². The number of nitrogens with zero attached hydrogens (tertiary/aromatic N) is 1. The van der Waals surface area contributed by atoms with E-state index in [1.807, 2.05) is 0 Å². The van der Waals surface area contributed by atoms with Crippen molar-refractivity contribution in [3.8, 4) is 0 Å². The summed E-state index contributed by atoms with van der Waals surface area (Å²) in [7, 11) is 0. The summed E-state index contributed by atoms with van der Waals surface area (Å²) in [6, 6.07) is 3.64. The van der Waals surface area contributed by atoms with Crippen molar-refractivity contribution in [2.75, 3.05) is 11.9 Å². The van der Waals surface area contributed by atoms with Crippen LogP contribution in [-0.4, -0.2) is 34.8 Å². The predicted octanol–water partition coefficient (Wildman–Crippen LogP) is 2.39. The van der Waals surface area contributed by atoms with Crippen LogP contribution in [0.25, 0.3) is 0 Å². The number of anilines is 1. The number of imide groups is 1. The van der Waals surface area contributed by atoms with Crippen molar-refractivity contribution in [3.63, 3.8) is 0 Å². The highest BCUT2D eigenvalue weighted by Crippen LogP contribution is 2.34. The van der Waals surface area contributed by atoms with Crippen molar-refractivity contribution in [3.05, 3.63) is 28.5 Å². The number of urea groups is 1. The van der Waals surface area contributed by atoms with Gasteiger partial charge in [-0.05, 0) is 31.0 Å². The Morgan fingerprint density at radius 2 is 2.04 bits per heavy atom. The van der Waals surface area contributed by atoms with Crippen LogP contribution in [0.15, 0.2) is 22.7 Å². The van der Waals surface area contributed by atoms with E-state index in [1.54, 1.807) is 6.07 Å². The zero-order valence-electron chi connectivity index (χ0n) is 12.2. The molecule has 2 aliphatic rings. The average molecular weight is 384 g/mol. The quantitative estimate of drug-likeness (QED) is 0.786. The third-order valence-electron chi connectivity index (χ3n) is 4.21. The molecule has 6 nitrogen and oxygen atoms in total. The third-order valence-corrected chi connectivity index (χ3v) is 4.70. The first-order valence-corrected chi connectivity index (χ1v) is 8.10. The summed E-state index contributed by atoms with van der Waals surface area (Å²) in [5.74, 6) is -1.59. The predicted molar refractivity (Wildman–Crippen MR) is 84.2 cm³/mol. The molecule has 1 aliphatic carbocycles. The molecule has 4 amide bonds. The summed E-state index contributed by atoms with van der Waals surface area (Å²) in [6.45, 7) is -0.429. The minimum Gasteiger partial charge on any atom is -0.323 e. The summed E-state index contributed by atoms with van der Waals surface area (Å²) in [6.07, 6.45) is 2.93. The first-order chi connectivity index (χ1) is 10.9. The van der Waals surface area contributed by atoms with Gasteiger partial charge in [0.05, 0.1) is 5.69 Å². The molecule has 1 saturated heterocycles. The van der Waals surface area contributed by atoms with Crippen LogP contribution in [0.2, 0.25) is 0 Å². The second kappa shape index (κ2) is 5.92. The molecule has 0 unspecified atom stereocenters. The smallest absolute Gasteiger partial charge is 0.323 e. The Morgan fingerprint density at radius 3 is 2.70 bits per heavy atom. The molecule has 1 heterocycles. The summed E-state index contributed by atoms with van der Waals surface area (Å²) in [5.41, 5.74) is -0.846. The van der Waals surface area contributed by atoms with E-state index in [4.69, 9.17) is 0 Å². The molecule has 1 spiro atoms. The van der Waals surface area contributed by atoms with Gasteiger partial charge < -0.3 is 10.6 Å². The number of hydrogen-bond acceptors (Lipinski definition) is 3. The number of carbonyl (C=O) groups is 3. The number of amides is 4. The Kier molecular flexibility index (Phi) is 4.09. The molecule has 0 atom stereocenters. The largest absolute Gasteiger partial charge is 0.325 e. The molecule has 23 heavy (non-hydrogen) atoms. The van der Waals surface area contributed by atoms with Crippen molar-refractivity contribution < 1.29 is 18.8 Å². The average Bonchev–Trinajstić information content (AvgIpc) is 3.04. The van der Waals surface area contributed by atoms with Gasteiger partial charge in [0.1, 0.15) is 17.9 Å². The van der Waals surface area contributed by atoms with Crippen LogP contribution in [-0.2, 0) is 9.59 Å². The fourth-order valence-corrected chi connectivity index (χ4v) is 3.39. The van der Waals surface area contributed by atoms with Crippen LogP contribution >= 0.6 is 15.9 Å². The number of carbonyl (C=O) groups excluding carboxylic acids is 3. The van der Waals surface area contributed by atoms with Gasteiger partial charge in [0.2, 0.25) is 5.91 Å². The van der Waals surface area contributed by atoms with Crippen molar-refractivity contribution in [2.24, 2.45) is 0 Å². The van der Waals surface area contributed by atoms with Crippen molar-refractivity contribution in [1.29, 1.82) is 0 Å². The highest BCUT2D eigenvalue weighted by molar-refractivity contribution is 9.10. The Hall–Kier alpha value is -1.96. The normalized spacial score (nSPS) is 19.3. The van der Waals surface area contributed by atoms with Gasteiger partial charge in [-0.3, -0.25) is 14.5 Å². The van der Waals surface area contributed by atoms with E-state index in [0.717, 1.165) is 17.7 Å². The maximum atomic E-state index is 13.7. The van der Waals surface area contributed by atoms with E-state index >= 15 is 0 Å². The number of nitrogens with one attached hydrogen (secondary N) is 2. The van der Waals surface area contributed by atoms with Crippen LogP contribution in [0.4, 0.5) is 14.9 Å². The number of benzene rings is 1. The Balaban J connectivity index is 1.68. The zero-order valence-corrected chi connectivity index (χ0v) is 13.8. The molecule has 2 fully saturated rings. The molecule has 0 radical (unpaired) electrons. The van der Waals surface area contributed by atoms with Crippen molar-refractivity contribution in [2.45, 2.75) is 31.2 Å². The second-order valence-corrected chi connectivity index (χ2v) is 6.70. The lowest BCUT2D eigenvalue weighted by atomic mass is 9.98. The Bertz CT molecular complexity index is 689. The fraction of sp³-hybridized carbons (Fsp3) is 0.400. The van der Waals surface area contributed by atoms with E-state index in [1.165, 1.54) is 12.1 Å². The molecule has 122 valence electrons. The third kappa shape index (κ3) is 2.95. The lowest BCUT2D eigenvalue weighted by Gasteiger charge is -2.19. The van der Waals surface area contributed by atoms with Crippen molar-refractivity contribution in [1.82, 2.24) is 10.2 Å². The van der Waals surface area contributed by atoms with Gasteiger partial charge >= 0.3 is 6.03 Å². The molecule has 2 N–H and O–H groups in total.